The molecule has 0 bridgehead atoms. The van der Waals surface area contributed by atoms with Gasteiger partial charge < -0.3 is 14.2 Å². The number of fused-ring (bicyclic) bond motifs is 1. The highest BCUT2D eigenvalue weighted by molar-refractivity contribution is 7.80. The molecule has 0 aliphatic heterocycles. The number of aryl methyl sites for hydroxylation is 2. The maximum atomic E-state index is 12.7. The highest BCUT2D eigenvalue weighted by Crippen LogP contribution is 2.31. The van der Waals surface area contributed by atoms with Crippen LogP contribution in [0, 0.1) is 13.8 Å². The first kappa shape index (κ1) is 24.1. The molecule has 0 aliphatic carbocycles. The number of thiocarbonyl (C=S) groups is 1. The van der Waals surface area contributed by atoms with Crippen LogP contribution < -0.4 is 10.6 Å². The third-order valence-electron chi connectivity index (χ3n) is 5.66. The second kappa shape index (κ2) is 9.78. The lowest BCUT2D eigenvalue weighted by molar-refractivity contribution is 0.0951. The molecule has 0 unspecified atom stereocenters. The summed E-state index contributed by atoms with van der Waals surface area (Å²) in [5, 5.41) is 6.62. The molecule has 5 rings (SSSR count). The molecule has 3 aromatic carbocycles. The fourth-order valence-corrected chi connectivity index (χ4v) is 4.10. The van der Waals surface area contributed by atoms with Gasteiger partial charge >= 0.3 is 0 Å². The summed E-state index contributed by atoms with van der Waals surface area (Å²) in [5.74, 6) is 0.725. The minimum absolute atomic E-state index is 0.122. The number of aromatic nitrogens is 1. The highest BCUT2D eigenvalue weighted by Gasteiger charge is 2.15. The van der Waals surface area contributed by atoms with Gasteiger partial charge in [-0.3, -0.25) is 10.1 Å². The standard InChI is InChI=1S/C27H19Cl2N3O3S/c1-14-3-4-16(11-15(14)2)22-9-10-24(34-22)25(33)32-27(36)30-18-6-8-23-21(13-18)31-26(35-23)17-5-7-19(28)20(29)12-17/h3-13H,1-2H3,(H2,30,32,33,36). The van der Waals surface area contributed by atoms with E-state index in [2.05, 4.69) is 15.6 Å². The molecule has 1 amide bonds. The number of oxazole rings is 1. The van der Waals surface area contributed by atoms with Crippen molar-refractivity contribution in [3.8, 4) is 22.8 Å². The molecule has 6 nitrogen and oxygen atoms in total. The number of anilines is 1. The van der Waals surface area contributed by atoms with E-state index in [1.165, 1.54) is 5.56 Å². The SMILES string of the molecule is Cc1ccc(-c2ccc(C(=O)NC(=S)Nc3ccc4oc(-c5ccc(Cl)c(Cl)c5)nc4c3)o2)cc1C. The third kappa shape index (κ3) is 4.99. The third-order valence-corrected chi connectivity index (χ3v) is 6.60. The fourth-order valence-electron chi connectivity index (χ4n) is 3.59. The number of rotatable bonds is 4. The molecule has 9 heteroatoms. The van der Waals surface area contributed by atoms with Crippen LogP contribution in [0.4, 0.5) is 5.69 Å². The lowest BCUT2D eigenvalue weighted by Gasteiger charge is -2.08. The molecule has 5 aromatic rings. The van der Waals surface area contributed by atoms with Crippen molar-refractivity contribution in [2.24, 2.45) is 0 Å². The van der Waals surface area contributed by atoms with Crippen molar-refractivity contribution in [1.29, 1.82) is 0 Å². The number of carbonyl (C=O) groups is 1. The van der Waals surface area contributed by atoms with Gasteiger partial charge in [0, 0.05) is 16.8 Å². The lowest BCUT2D eigenvalue weighted by Crippen LogP contribution is -2.33. The predicted molar refractivity (Wildman–Crippen MR) is 147 cm³/mol. The average molecular weight is 536 g/mol. The number of amides is 1. The lowest BCUT2D eigenvalue weighted by atomic mass is 10.1. The Morgan fingerprint density at radius 1 is 0.861 bits per heavy atom. The van der Waals surface area contributed by atoms with Crippen molar-refractivity contribution in [3.63, 3.8) is 0 Å². The van der Waals surface area contributed by atoms with E-state index in [1.54, 1.807) is 48.5 Å². The van der Waals surface area contributed by atoms with Gasteiger partial charge in [0.2, 0.25) is 5.89 Å². The summed E-state index contributed by atoms with van der Waals surface area (Å²) < 4.78 is 11.6. The molecule has 180 valence electrons. The van der Waals surface area contributed by atoms with Gasteiger partial charge in [0.25, 0.3) is 5.91 Å². The van der Waals surface area contributed by atoms with E-state index in [0.717, 1.165) is 11.1 Å². The van der Waals surface area contributed by atoms with Crippen molar-refractivity contribution in [1.82, 2.24) is 10.3 Å². The summed E-state index contributed by atoms with van der Waals surface area (Å²) in [6.45, 7) is 4.08. The van der Waals surface area contributed by atoms with Gasteiger partial charge in [-0.15, -0.1) is 0 Å². The summed E-state index contributed by atoms with van der Waals surface area (Å²) in [4.78, 5) is 17.2. The van der Waals surface area contributed by atoms with E-state index in [1.807, 2.05) is 32.0 Å². The van der Waals surface area contributed by atoms with Crippen LogP contribution in [0.15, 0.2) is 75.6 Å². The van der Waals surface area contributed by atoms with Gasteiger partial charge in [-0.05, 0) is 91.8 Å². The molecule has 0 saturated heterocycles. The van der Waals surface area contributed by atoms with Gasteiger partial charge in [0.1, 0.15) is 11.3 Å². The van der Waals surface area contributed by atoms with Crippen molar-refractivity contribution in [3.05, 3.63) is 93.7 Å². The minimum Gasteiger partial charge on any atom is -0.451 e. The van der Waals surface area contributed by atoms with Crippen LogP contribution in [0.25, 0.3) is 33.9 Å². The Bertz CT molecular complexity index is 1640. The Morgan fingerprint density at radius 3 is 2.44 bits per heavy atom. The molecule has 0 atom stereocenters. The zero-order valence-electron chi connectivity index (χ0n) is 19.2. The topological polar surface area (TPSA) is 80.3 Å². The van der Waals surface area contributed by atoms with Crippen LogP contribution in [0.3, 0.4) is 0 Å². The molecule has 0 aliphatic rings. The minimum atomic E-state index is -0.452. The van der Waals surface area contributed by atoms with Gasteiger partial charge in [-0.25, -0.2) is 4.98 Å². The monoisotopic (exact) mass is 535 g/mol. The Balaban J connectivity index is 1.27. The van der Waals surface area contributed by atoms with Crippen molar-refractivity contribution in [2.45, 2.75) is 13.8 Å². The van der Waals surface area contributed by atoms with E-state index >= 15 is 0 Å². The number of furan rings is 1. The van der Waals surface area contributed by atoms with Gasteiger partial charge in [0.05, 0.1) is 10.0 Å². The highest BCUT2D eigenvalue weighted by atomic mass is 35.5. The van der Waals surface area contributed by atoms with Gasteiger partial charge in [-0.2, -0.15) is 0 Å². The molecule has 0 spiro atoms. The Kier molecular flexibility index (Phi) is 6.53. The molecular weight excluding hydrogens is 517 g/mol. The Morgan fingerprint density at radius 2 is 1.67 bits per heavy atom. The molecule has 2 heterocycles. The number of nitrogens with one attached hydrogen (secondary N) is 2. The summed E-state index contributed by atoms with van der Waals surface area (Å²) in [6.07, 6.45) is 0. The number of benzene rings is 3. The number of carbonyl (C=O) groups excluding carboxylic acids is 1. The van der Waals surface area contributed by atoms with Gasteiger partial charge in [0.15, 0.2) is 16.5 Å². The fraction of sp³-hybridized carbons (Fsp3) is 0.0741. The van der Waals surface area contributed by atoms with Crippen LogP contribution in [-0.2, 0) is 0 Å². The van der Waals surface area contributed by atoms with Crippen LogP contribution in [-0.4, -0.2) is 16.0 Å². The van der Waals surface area contributed by atoms with Crippen LogP contribution in [0.2, 0.25) is 10.0 Å². The van der Waals surface area contributed by atoms with Crippen molar-refractivity contribution in [2.75, 3.05) is 5.32 Å². The Labute approximate surface area is 222 Å². The summed E-state index contributed by atoms with van der Waals surface area (Å²) in [7, 11) is 0. The molecular formula is C27H19Cl2N3O3S. The smallest absolute Gasteiger partial charge is 0.293 e. The second-order valence-electron chi connectivity index (χ2n) is 8.20. The van der Waals surface area contributed by atoms with Crippen molar-refractivity contribution < 1.29 is 13.6 Å². The van der Waals surface area contributed by atoms with E-state index in [4.69, 9.17) is 44.3 Å². The van der Waals surface area contributed by atoms with Crippen LogP contribution in [0.1, 0.15) is 21.7 Å². The van der Waals surface area contributed by atoms with E-state index in [0.29, 0.717) is 44.0 Å². The maximum absolute atomic E-state index is 12.7. The number of nitrogens with zero attached hydrogens (tertiary/aromatic N) is 1. The summed E-state index contributed by atoms with van der Waals surface area (Å²) in [5.41, 5.74) is 5.78. The average Bonchev–Trinajstić information content (AvgIpc) is 3.50. The molecule has 0 fully saturated rings. The van der Waals surface area contributed by atoms with Crippen molar-refractivity contribution >= 4 is 63.2 Å². The largest absolute Gasteiger partial charge is 0.451 e. The number of halogens is 2. The number of hydrogen-bond acceptors (Lipinski definition) is 5. The zero-order chi connectivity index (χ0) is 25.4. The van der Waals surface area contributed by atoms with Crippen LogP contribution >= 0.6 is 35.4 Å². The molecule has 2 N–H and O–H groups in total. The molecule has 0 radical (unpaired) electrons. The van der Waals surface area contributed by atoms with E-state index in [9.17, 15) is 4.79 Å². The predicted octanol–water partition coefficient (Wildman–Crippen LogP) is 7.81. The maximum Gasteiger partial charge on any atom is 0.293 e. The molecule has 36 heavy (non-hydrogen) atoms. The van der Waals surface area contributed by atoms with Gasteiger partial charge in [-0.1, -0.05) is 35.3 Å². The summed E-state index contributed by atoms with van der Waals surface area (Å²) >= 11 is 17.4. The first-order valence-electron chi connectivity index (χ1n) is 10.9. The van der Waals surface area contributed by atoms with Crippen LogP contribution in [0.5, 0.6) is 0 Å². The normalized spacial score (nSPS) is 11.0. The quantitative estimate of drug-likeness (QED) is 0.228. The second-order valence-corrected chi connectivity index (χ2v) is 9.42. The molecule has 0 saturated carbocycles. The first-order valence-corrected chi connectivity index (χ1v) is 12.1. The zero-order valence-corrected chi connectivity index (χ0v) is 21.5. The number of hydrogen-bond donors (Lipinski definition) is 2. The summed E-state index contributed by atoms with van der Waals surface area (Å²) in [6, 6.07) is 19.8. The Hall–Kier alpha value is -3.65. The van der Waals surface area contributed by atoms with E-state index in [-0.39, 0.29) is 10.9 Å². The first-order chi connectivity index (χ1) is 17.3. The molecule has 2 aromatic heterocycles. The van der Waals surface area contributed by atoms with E-state index < -0.39 is 5.91 Å².